The molecule has 4 heteroatoms. The molecule has 3 atom stereocenters. The van der Waals surface area contributed by atoms with Crippen LogP contribution in [0.25, 0.3) is 0 Å². The molecule has 0 bridgehead atoms. The molecule has 2 rings (SSSR count). The van der Waals surface area contributed by atoms with Gasteiger partial charge >= 0.3 is 0 Å². The second-order valence-electron chi connectivity index (χ2n) is 5.77. The molecule has 2 saturated heterocycles. The summed E-state index contributed by atoms with van der Waals surface area (Å²) in [6.07, 6.45) is 5.20. The van der Waals surface area contributed by atoms with E-state index in [0.717, 1.165) is 13.0 Å². The van der Waals surface area contributed by atoms with Crippen molar-refractivity contribution in [3.63, 3.8) is 0 Å². The highest BCUT2D eigenvalue weighted by Crippen LogP contribution is 2.19. The molecule has 0 aliphatic carbocycles. The lowest BCUT2D eigenvalue weighted by molar-refractivity contribution is -0.132. The van der Waals surface area contributed by atoms with Gasteiger partial charge in [-0.25, -0.2) is 0 Å². The van der Waals surface area contributed by atoms with Crippen LogP contribution in [0.2, 0.25) is 0 Å². The first-order valence-electron chi connectivity index (χ1n) is 7.44. The number of carbonyl (C=O) groups excluding carboxylic acids is 1. The fourth-order valence-electron chi connectivity index (χ4n) is 3.26. The summed E-state index contributed by atoms with van der Waals surface area (Å²) in [7, 11) is 0. The van der Waals surface area contributed by atoms with Crippen LogP contribution in [0.4, 0.5) is 0 Å². The quantitative estimate of drug-likeness (QED) is 0.823. The number of likely N-dealkylation sites (tertiary alicyclic amines) is 1. The van der Waals surface area contributed by atoms with Crippen LogP contribution in [-0.2, 0) is 4.79 Å². The van der Waals surface area contributed by atoms with E-state index in [9.17, 15) is 4.79 Å². The Morgan fingerprint density at radius 1 is 1.33 bits per heavy atom. The van der Waals surface area contributed by atoms with Crippen molar-refractivity contribution in [3.05, 3.63) is 0 Å². The number of piperidine rings is 1. The van der Waals surface area contributed by atoms with Crippen molar-refractivity contribution in [2.45, 2.75) is 64.7 Å². The summed E-state index contributed by atoms with van der Waals surface area (Å²) >= 11 is 0. The van der Waals surface area contributed by atoms with Crippen molar-refractivity contribution in [3.8, 4) is 0 Å². The van der Waals surface area contributed by atoms with Gasteiger partial charge in [-0.1, -0.05) is 13.3 Å². The lowest BCUT2D eigenvalue weighted by atomic mass is 10.1. The molecule has 0 spiro atoms. The van der Waals surface area contributed by atoms with Gasteiger partial charge in [0.2, 0.25) is 5.91 Å². The molecule has 1 amide bonds. The summed E-state index contributed by atoms with van der Waals surface area (Å²) < 4.78 is 0. The zero-order valence-electron chi connectivity index (χ0n) is 12.0. The highest BCUT2D eigenvalue weighted by molar-refractivity contribution is 5.84. The number of nitrogens with one attached hydrogen (secondary N) is 1. The summed E-state index contributed by atoms with van der Waals surface area (Å²) in [5.41, 5.74) is 0. The molecular weight excluding hydrogens is 226 g/mol. The van der Waals surface area contributed by atoms with Crippen molar-refractivity contribution >= 4 is 5.91 Å². The van der Waals surface area contributed by atoms with Gasteiger partial charge in [0, 0.05) is 12.6 Å². The first-order chi connectivity index (χ1) is 8.63. The van der Waals surface area contributed by atoms with Gasteiger partial charge in [0.1, 0.15) is 0 Å². The van der Waals surface area contributed by atoms with E-state index >= 15 is 0 Å². The van der Waals surface area contributed by atoms with E-state index < -0.39 is 0 Å². The van der Waals surface area contributed by atoms with Gasteiger partial charge in [-0.2, -0.15) is 0 Å². The van der Waals surface area contributed by atoms with Crippen molar-refractivity contribution < 1.29 is 4.79 Å². The third-order valence-corrected chi connectivity index (χ3v) is 4.24. The number of nitrogens with zero attached hydrogens (tertiary/aromatic N) is 2. The first-order valence-corrected chi connectivity index (χ1v) is 7.44. The second kappa shape index (κ2) is 6.02. The van der Waals surface area contributed by atoms with Crippen LogP contribution < -0.4 is 5.32 Å². The zero-order valence-corrected chi connectivity index (χ0v) is 12.0. The first kappa shape index (κ1) is 13.8. The molecule has 1 N–H and O–H groups in total. The Bertz CT molecular complexity index is 289. The van der Waals surface area contributed by atoms with E-state index in [4.69, 9.17) is 0 Å². The summed E-state index contributed by atoms with van der Waals surface area (Å²) in [5, 5.41) is 3.38. The number of hydrogen-bond donors (Lipinski definition) is 1. The Hall–Kier alpha value is -0.610. The van der Waals surface area contributed by atoms with Crippen LogP contribution >= 0.6 is 0 Å². The monoisotopic (exact) mass is 253 g/mol. The molecule has 2 aliphatic rings. The van der Waals surface area contributed by atoms with Gasteiger partial charge in [0.05, 0.1) is 12.2 Å². The van der Waals surface area contributed by atoms with Crippen molar-refractivity contribution in [2.24, 2.45) is 0 Å². The molecule has 0 saturated carbocycles. The molecule has 4 nitrogen and oxygen atoms in total. The lowest BCUT2D eigenvalue weighted by Gasteiger charge is -2.35. The average molecular weight is 253 g/mol. The summed E-state index contributed by atoms with van der Waals surface area (Å²) in [5.74, 6) is 0.270. The van der Waals surface area contributed by atoms with Crippen molar-refractivity contribution in [1.29, 1.82) is 0 Å². The molecule has 3 unspecified atom stereocenters. The Morgan fingerprint density at radius 2 is 2.00 bits per heavy atom. The minimum atomic E-state index is -0.0150. The van der Waals surface area contributed by atoms with Crippen LogP contribution in [0, 0.1) is 0 Å². The van der Waals surface area contributed by atoms with Gasteiger partial charge in [-0.15, -0.1) is 0 Å². The third-order valence-electron chi connectivity index (χ3n) is 4.24. The fraction of sp³-hybridized carbons (Fsp3) is 0.929. The fourth-order valence-corrected chi connectivity index (χ4v) is 3.26. The molecule has 2 fully saturated rings. The number of rotatable bonds is 4. The third kappa shape index (κ3) is 2.86. The van der Waals surface area contributed by atoms with Gasteiger partial charge in [-0.3, -0.25) is 10.1 Å². The zero-order chi connectivity index (χ0) is 13.1. The summed E-state index contributed by atoms with van der Waals surface area (Å²) in [4.78, 5) is 16.8. The van der Waals surface area contributed by atoms with Crippen LogP contribution in [0.1, 0.15) is 46.5 Å². The summed E-state index contributed by atoms with van der Waals surface area (Å²) in [6.45, 7) is 9.73. The molecule has 0 radical (unpaired) electrons. The topological polar surface area (TPSA) is 35.6 Å². The van der Waals surface area contributed by atoms with E-state index in [-0.39, 0.29) is 18.1 Å². The number of hydrogen-bond acceptors (Lipinski definition) is 3. The van der Waals surface area contributed by atoms with Crippen LogP contribution in [0.15, 0.2) is 0 Å². The largest absolute Gasteiger partial charge is 0.322 e. The molecule has 2 heterocycles. The molecule has 18 heavy (non-hydrogen) atoms. The van der Waals surface area contributed by atoms with Crippen LogP contribution in [0.5, 0.6) is 0 Å². The van der Waals surface area contributed by atoms with Crippen LogP contribution in [0.3, 0.4) is 0 Å². The van der Waals surface area contributed by atoms with Gasteiger partial charge in [-0.05, 0) is 46.2 Å². The molecule has 0 aromatic carbocycles. The maximum Gasteiger partial charge on any atom is 0.241 e. The van der Waals surface area contributed by atoms with E-state index in [0.29, 0.717) is 6.04 Å². The predicted molar refractivity (Wildman–Crippen MR) is 73.3 cm³/mol. The Morgan fingerprint density at radius 3 is 2.61 bits per heavy atom. The van der Waals surface area contributed by atoms with E-state index in [2.05, 4.69) is 29.0 Å². The van der Waals surface area contributed by atoms with Gasteiger partial charge in [0.25, 0.3) is 0 Å². The maximum absolute atomic E-state index is 12.2. The van der Waals surface area contributed by atoms with Gasteiger partial charge < -0.3 is 9.80 Å². The predicted octanol–water partition coefficient (Wildman–Crippen LogP) is 1.42. The SMILES string of the molecule is CCC1NC(C)C(=O)N1C(C)CN1CCCCC1. The van der Waals surface area contributed by atoms with E-state index in [1.54, 1.807) is 0 Å². The van der Waals surface area contributed by atoms with Crippen molar-refractivity contribution in [1.82, 2.24) is 15.1 Å². The Kier molecular flexibility index (Phi) is 4.62. The van der Waals surface area contributed by atoms with E-state index in [1.807, 2.05) is 6.92 Å². The van der Waals surface area contributed by atoms with Crippen molar-refractivity contribution in [2.75, 3.05) is 19.6 Å². The Labute approximate surface area is 111 Å². The average Bonchev–Trinajstić information content (AvgIpc) is 2.66. The highest BCUT2D eigenvalue weighted by Gasteiger charge is 2.38. The molecular formula is C14H27N3O. The molecule has 0 aromatic heterocycles. The molecule has 104 valence electrons. The lowest BCUT2D eigenvalue weighted by Crippen LogP contribution is -2.49. The van der Waals surface area contributed by atoms with Crippen LogP contribution in [-0.4, -0.2) is 53.6 Å². The summed E-state index contributed by atoms with van der Waals surface area (Å²) in [6, 6.07) is 0.303. The minimum Gasteiger partial charge on any atom is -0.322 e. The maximum atomic E-state index is 12.2. The normalized spacial score (nSPS) is 31.9. The minimum absolute atomic E-state index is 0.0150. The van der Waals surface area contributed by atoms with Gasteiger partial charge in [0.15, 0.2) is 0 Å². The highest BCUT2D eigenvalue weighted by atomic mass is 16.2. The Balaban J connectivity index is 1.93. The standard InChI is InChI=1S/C14H27N3O/c1-4-13-15-12(3)14(18)17(13)11(2)10-16-8-6-5-7-9-16/h11-13,15H,4-10H2,1-3H3. The number of carbonyl (C=O) groups is 1. The molecule has 2 aliphatic heterocycles. The smallest absolute Gasteiger partial charge is 0.241 e. The second-order valence-corrected chi connectivity index (χ2v) is 5.77. The molecule has 0 aromatic rings. The number of amides is 1. The van der Waals surface area contributed by atoms with E-state index in [1.165, 1.54) is 32.4 Å².